The first-order valence-electron chi connectivity index (χ1n) is 6.68. The van der Waals surface area contributed by atoms with E-state index in [2.05, 4.69) is 15.0 Å². The number of thiazole rings is 1. The summed E-state index contributed by atoms with van der Waals surface area (Å²) in [5.74, 6) is 0.222. The number of anilines is 1. The molecule has 1 aromatic carbocycles. The van der Waals surface area contributed by atoms with Crippen molar-refractivity contribution in [2.45, 2.75) is 13.0 Å². The van der Waals surface area contributed by atoms with Gasteiger partial charge in [-0.2, -0.15) is 0 Å². The van der Waals surface area contributed by atoms with Gasteiger partial charge in [-0.05, 0) is 31.2 Å². The Kier molecular flexibility index (Phi) is 4.48. The van der Waals surface area contributed by atoms with Crippen LogP contribution >= 0.6 is 34.5 Å². The van der Waals surface area contributed by atoms with Crippen LogP contribution in [-0.4, -0.2) is 18.1 Å². The molecular weight excluding hydrogens is 359 g/mol. The van der Waals surface area contributed by atoms with Gasteiger partial charge in [0.25, 0.3) is 0 Å². The van der Waals surface area contributed by atoms with Crippen molar-refractivity contribution in [3.05, 3.63) is 45.1 Å². The highest BCUT2D eigenvalue weighted by Gasteiger charge is 2.19. The predicted octanol–water partition coefficient (Wildman–Crippen LogP) is 5.16. The van der Waals surface area contributed by atoms with Gasteiger partial charge < -0.3 is 14.5 Å². The fraction of sp³-hybridized carbons (Fsp3) is 0.200. The third-order valence-electron chi connectivity index (χ3n) is 3.22. The molecule has 120 valence electrons. The number of esters is 1. The largest absolute Gasteiger partial charge is 0.465 e. The second-order valence-electron chi connectivity index (χ2n) is 4.83. The number of fused-ring (bicyclic) bond motifs is 1. The molecule has 2 heterocycles. The van der Waals surface area contributed by atoms with E-state index in [0.29, 0.717) is 10.2 Å². The number of hydrogen-bond donors (Lipinski definition) is 1. The number of ether oxygens (including phenoxy) is 1. The number of carbonyl (C=O) groups is 1. The molecular formula is C15H12Cl2N2O3S. The Balaban J connectivity index is 1.82. The van der Waals surface area contributed by atoms with Gasteiger partial charge in [0.1, 0.15) is 11.3 Å². The van der Waals surface area contributed by atoms with Gasteiger partial charge in [0.15, 0.2) is 15.2 Å². The normalized spacial score (nSPS) is 12.3. The van der Waals surface area contributed by atoms with Crippen LogP contribution in [-0.2, 0) is 4.74 Å². The van der Waals surface area contributed by atoms with Crippen LogP contribution in [0.4, 0.5) is 5.13 Å². The van der Waals surface area contributed by atoms with Gasteiger partial charge in [-0.3, -0.25) is 0 Å². The standard InChI is InChI=1S/C15H12Cl2N2O3S/c1-7(11-6-8-5-9(16)3-4-10(8)22-11)18-15-19-13(17)12(23-15)14(20)21-2/h3-7H,1-2H3,(H,18,19). The summed E-state index contributed by atoms with van der Waals surface area (Å²) in [6.45, 7) is 1.92. The molecule has 1 N–H and O–H groups in total. The van der Waals surface area contributed by atoms with Gasteiger partial charge in [-0.25, -0.2) is 9.78 Å². The van der Waals surface area contributed by atoms with Crippen LogP contribution < -0.4 is 5.32 Å². The fourth-order valence-corrected chi connectivity index (χ4v) is 3.46. The summed E-state index contributed by atoms with van der Waals surface area (Å²) in [6.07, 6.45) is 0. The summed E-state index contributed by atoms with van der Waals surface area (Å²) in [5.41, 5.74) is 0.755. The number of rotatable bonds is 4. The molecule has 0 radical (unpaired) electrons. The lowest BCUT2D eigenvalue weighted by Gasteiger charge is -2.09. The molecule has 0 saturated heterocycles. The predicted molar refractivity (Wildman–Crippen MR) is 91.7 cm³/mol. The average Bonchev–Trinajstić information content (AvgIpc) is 3.09. The minimum absolute atomic E-state index is 0.118. The van der Waals surface area contributed by atoms with Crippen molar-refractivity contribution in [3.8, 4) is 0 Å². The molecule has 23 heavy (non-hydrogen) atoms. The van der Waals surface area contributed by atoms with Crippen LogP contribution in [0.2, 0.25) is 10.2 Å². The Morgan fingerprint density at radius 3 is 2.91 bits per heavy atom. The molecule has 1 unspecified atom stereocenters. The zero-order chi connectivity index (χ0) is 16.6. The fourth-order valence-electron chi connectivity index (χ4n) is 2.09. The Hall–Kier alpha value is -1.76. The zero-order valence-electron chi connectivity index (χ0n) is 12.2. The van der Waals surface area contributed by atoms with Crippen molar-refractivity contribution in [1.29, 1.82) is 0 Å². The molecule has 3 aromatic rings. The van der Waals surface area contributed by atoms with E-state index in [9.17, 15) is 4.79 Å². The van der Waals surface area contributed by atoms with Gasteiger partial charge >= 0.3 is 5.97 Å². The molecule has 0 fully saturated rings. The third-order valence-corrected chi connectivity index (χ3v) is 4.81. The maximum atomic E-state index is 11.6. The molecule has 0 aliphatic rings. The van der Waals surface area contributed by atoms with E-state index in [1.807, 2.05) is 25.1 Å². The highest BCUT2D eigenvalue weighted by atomic mass is 35.5. The first-order valence-corrected chi connectivity index (χ1v) is 8.25. The summed E-state index contributed by atoms with van der Waals surface area (Å²) >= 11 is 13.1. The summed E-state index contributed by atoms with van der Waals surface area (Å²) in [6, 6.07) is 7.19. The van der Waals surface area contributed by atoms with Crippen molar-refractivity contribution >= 4 is 56.6 Å². The number of nitrogens with one attached hydrogen (secondary N) is 1. The van der Waals surface area contributed by atoms with Crippen molar-refractivity contribution in [1.82, 2.24) is 4.98 Å². The van der Waals surface area contributed by atoms with Crippen LogP contribution in [0.15, 0.2) is 28.7 Å². The average molecular weight is 371 g/mol. The third kappa shape index (κ3) is 3.29. The molecule has 8 heteroatoms. The lowest BCUT2D eigenvalue weighted by atomic mass is 10.2. The van der Waals surface area contributed by atoms with Crippen molar-refractivity contribution in [2.24, 2.45) is 0 Å². The molecule has 0 aliphatic carbocycles. The molecule has 2 aromatic heterocycles. The van der Waals surface area contributed by atoms with Crippen LogP contribution in [0.25, 0.3) is 11.0 Å². The van der Waals surface area contributed by atoms with E-state index in [-0.39, 0.29) is 16.1 Å². The van der Waals surface area contributed by atoms with Crippen LogP contribution in [0.3, 0.4) is 0 Å². The minimum Gasteiger partial charge on any atom is -0.465 e. The zero-order valence-corrected chi connectivity index (χ0v) is 14.6. The van der Waals surface area contributed by atoms with Crippen LogP contribution in [0.5, 0.6) is 0 Å². The Morgan fingerprint density at radius 1 is 1.39 bits per heavy atom. The molecule has 0 bridgehead atoms. The summed E-state index contributed by atoms with van der Waals surface area (Å²) < 4.78 is 10.5. The molecule has 0 amide bonds. The number of hydrogen-bond acceptors (Lipinski definition) is 6. The Labute approximate surface area is 146 Å². The monoisotopic (exact) mass is 370 g/mol. The van der Waals surface area contributed by atoms with Crippen LogP contribution in [0.1, 0.15) is 28.4 Å². The second kappa shape index (κ2) is 6.39. The van der Waals surface area contributed by atoms with Gasteiger partial charge in [0.2, 0.25) is 0 Å². The maximum absolute atomic E-state index is 11.6. The minimum atomic E-state index is -0.508. The van der Waals surface area contributed by atoms with Crippen molar-refractivity contribution in [3.63, 3.8) is 0 Å². The Morgan fingerprint density at radius 2 is 2.17 bits per heavy atom. The van der Waals surface area contributed by atoms with Gasteiger partial charge in [0.05, 0.1) is 13.2 Å². The van der Waals surface area contributed by atoms with Gasteiger partial charge in [-0.1, -0.05) is 34.5 Å². The van der Waals surface area contributed by atoms with E-state index in [1.165, 1.54) is 7.11 Å². The molecule has 0 saturated carbocycles. The van der Waals surface area contributed by atoms with Crippen LogP contribution in [0, 0.1) is 0 Å². The highest BCUT2D eigenvalue weighted by Crippen LogP contribution is 2.32. The number of methoxy groups -OCH3 is 1. The summed E-state index contributed by atoms with van der Waals surface area (Å²) in [5, 5.41) is 5.37. The quantitative estimate of drug-likeness (QED) is 0.642. The highest BCUT2D eigenvalue weighted by molar-refractivity contribution is 7.18. The molecule has 0 spiro atoms. The molecule has 5 nitrogen and oxygen atoms in total. The number of halogens is 2. The number of benzene rings is 1. The second-order valence-corrected chi connectivity index (χ2v) is 6.62. The number of furan rings is 1. The number of aromatic nitrogens is 1. The van der Waals surface area contributed by atoms with Gasteiger partial charge in [-0.15, -0.1) is 0 Å². The van der Waals surface area contributed by atoms with E-state index in [4.69, 9.17) is 27.6 Å². The number of nitrogens with zero attached hydrogens (tertiary/aromatic N) is 1. The van der Waals surface area contributed by atoms with E-state index in [1.54, 1.807) is 6.07 Å². The van der Waals surface area contributed by atoms with Crippen molar-refractivity contribution in [2.75, 3.05) is 12.4 Å². The number of carbonyl (C=O) groups excluding carboxylic acids is 1. The topological polar surface area (TPSA) is 64.4 Å². The van der Waals surface area contributed by atoms with E-state index in [0.717, 1.165) is 28.1 Å². The summed E-state index contributed by atoms with van der Waals surface area (Å²) in [4.78, 5) is 15.9. The van der Waals surface area contributed by atoms with Gasteiger partial charge in [0, 0.05) is 10.4 Å². The SMILES string of the molecule is COC(=O)c1sc(NC(C)c2cc3cc(Cl)ccc3o2)nc1Cl. The molecule has 1 atom stereocenters. The first kappa shape index (κ1) is 16.1. The maximum Gasteiger partial charge on any atom is 0.351 e. The molecule has 3 rings (SSSR count). The smallest absolute Gasteiger partial charge is 0.351 e. The summed E-state index contributed by atoms with van der Waals surface area (Å²) in [7, 11) is 1.30. The first-order chi connectivity index (χ1) is 11.0. The Bertz CT molecular complexity index is 875. The van der Waals surface area contributed by atoms with E-state index >= 15 is 0 Å². The van der Waals surface area contributed by atoms with E-state index < -0.39 is 5.97 Å². The molecule has 0 aliphatic heterocycles. The lowest BCUT2D eigenvalue weighted by molar-refractivity contribution is 0.0606. The lowest BCUT2D eigenvalue weighted by Crippen LogP contribution is -2.04. The van der Waals surface area contributed by atoms with Crippen molar-refractivity contribution < 1.29 is 13.9 Å².